The molecule has 0 aliphatic heterocycles. The van der Waals surface area contributed by atoms with E-state index in [0.717, 1.165) is 42.9 Å². The molecule has 2 nitrogen and oxygen atoms in total. The molecule has 0 bridgehead atoms. The predicted molar refractivity (Wildman–Crippen MR) is 126 cm³/mol. The predicted octanol–water partition coefficient (Wildman–Crippen LogP) is 7.88. The number of para-hydroxylation sites is 1. The Morgan fingerprint density at radius 1 is 0.833 bits per heavy atom. The van der Waals surface area contributed by atoms with Gasteiger partial charge in [0.2, 0.25) is 0 Å². The molecule has 3 aromatic rings. The Morgan fingerprint density at radius 2 is 1.60 bits per heavy atom. The SMILES string of the molecule is CCOc1ccc(C(C)(CC)CCCc2cccc(Oc3ccccc3)c2)cc1C. The number of rotatable bonds is 10. The number of aryl methyl sites for hydroxylation is 2. The quantitative estimate of drug-likeness (QED) is 0.343. The van der Waals surface area contributed by atoms with Crippen LogP contribution in [-0.2, 0) is 11.8 Å². The lowest BCUT2D eigenvalue weighted by Crippen LogP contribution is -2.21. The smallest absolute Gasteiger partial charge is 0.127 e. The largest absolute Gasteiger partial charge is 0.494 e. The Bertz CT molecular complexity index is 932. The van der Waals surface area contributed by atoms with Crippen molar-refractivity contribution < 1.29 is 9.47 Å². The first-order chi connectivity index (χ1) is 14.5. The Balaban J connectivity index is 1.63. The lowest BCUT2D eigenvalue weighted by Gasteiger charge is -2.30. The van der Waals surface area contributed by atoms with Gasteiger partial charge in [-0.15, -0.1) is 0 Å². The van der Waals surface area contributed by atoms with Gasteiger partial charge in [-0.1, -0.05) is 56.3 Å². The van der Waals surface area contributed by atoms with Crippen LogP contribution in [0.5, 0.6) is 17.2 Å². The molecule has 0 aliphatic rings. The standard InChI is InChI=1S/C28H34O2/c1-5-28(4,24-17-18-27(29-6-2)22(3)20-24)19-11-13-23-12-10-16-26(21-23)30-25-14-8-7-9-15-25/h7-10,12,14-18,20-21H,5-6,11,13,19H2,1-4H3. The monoisotopic (exact) mass is 402 g/mol. The number of hydrogen-bond acceptors (Lipinski definition) is 2. The highest BCUT2D eigenvalue weighted by Crippen LogP contribution is 2.35. The van der Waals surface area contributed by atoms with Crippen molar-refractivity contribution in [2.45, 2.75) is 58.8 Å². The molecule has 0 heterocycles. The summed E-state index contributed by atoms with van der Waals surface area (Å²) in [5, 5.41) is 0. The van der Waals surface area contributed by atoms with Crippen molar-refractivity contribution in [3.8, 4) is 17.2 Å². The summed E-state index contributed by atoms with van der Waals surface area (Å²) in [5.74, 6) is 2.77. The van der Waals surface area contributed by atoms with Crippen LogP contribution in [0.3, 0.4) is 0 Å². The minimum atomic E-state index is 0.174. The van der Waals surface area contributed by atoms with E-state index >= 15 is 0 Å². The van der Waals surface area contributed by atoms with E-state index in [0.29, 0.717) is 6.61 Å². The minimum absolute atomic E-state index is 0.174. The van der Waals surface area contributed by atoms with Gasteiger partial charge in [-0.05, 0) is 92.0 Å². The van der Waals surface area contributed by atoms with Crippen LogP contribution in [0.15, 0.2) is 72.8 Å². The fourth-order valence-electron chi connectivity index (χ4n) is 3.94. The van der Waals surface area contributed by atoms with Gasteiger partial charge in [-0.25, -0.2) is 0 Å². The maximum atomic E-state index is 5.99. The zero-order valence-electron chi connectivity index (χ0n) is 18.8. The molecule has 158 valence electrons. The van der Waals surface area contributed by atoms with E-state index in [-0.39, 0.29) is 5.41 Å². The summed E-state index contributed by atoms with van der Waals surface area (Å²) < 4.78 is 11.7. The molecule has 0 radical (unpaired) electrons. The molecule has 0 aliphatic carbocycles. The number of benzene rings is 3. The summed E-state index contributed by atoms with van der Waals surface area (Å²) in [4.78, 5) is 0. The first kappa shape index (κ1) is 22.0. The fraction of sp³-hybridized carbons (Fsp3) is 0.357. The van der Waals surface area contributed by atoms with Gasteiger partial charge < -0.3 is 9.47 Å². The molecule has 1 atom stereocenters. The topological polar surface area (TPSA) is 18.5 Å². The minimum Gasteiger partial charge on any atom is -0.494 e. The maximum Gasteiger partial charge on any atom is 0.127 e. The number of hydrogen-bond donors (Lipinski definition) is 0. The van der Waals surface area contributed by atoms with Crippen molar-refractivity contribution in [1.82, 2.24) is 0 Å². The Hall–Kier alpha value is -2.74. The molecule has 0 saturated carbocycles. The van der Waals surface area contributed by atoms with E-state index in [2.05, 4.69) is 57.2 Å². The molecule has 1 unspecified atom stereocenters. The summed E-state index contributed by atoms with van der Waals surface area (Å²) >= 11 is 0. The van der Waals surface area contributed by atoms with Crippen LogP contribution in [0.1, 0.15) is 56.7 Å². The van der Waals surface area contributed by atoms with E-state index < -0.39 is 0 Å². The van der Waals surface area contributed by atoms with Gasteiger partial charge in [0.25, 0.3) is 0 Å². The van der Waals surface area contributed by atoms with E-state index in [1.54, 1.807) is 0 Å². The highest BCUT2D eigenvalue weighted by Gasteiger charge is 2.24. The average Bonchev–Trinajstić information content (AvgIpc) is 2.76. The van der Waals surface area contributed by atoms with E-state index in [1.807, 2.05) is 43.3 Å². The summed E-state index contributed by atoms with van der Waals surface area (Å²) in [7, 11) is 0. The first-order valence-electron chi connectivity index (χ1n) is 11.1. The molecule has 30 heavy (non-hydrogen) atoms. The van der Waals surface area contributed by atoms with Crippen LogP contribution in [0.2, 0.25) is 0 Å². The lowest BCUT2D eigenvalue weighted by molar-refractivity contribution is 0.337. The van der Waals surface area contributed by atoms with Crippen molar-refractivity contribution in [2.24, 2.45) is 0 Å². The third kappa shape index (κ3) is 5.66. The van der Waals surface area contributed by atoms with Crippen LogP contribution in [0.4, 0.5) is 0 Å². The second-order valence-electron chi connectivity index (χ2n) is 8.24. The lowest BCUT2D eigenvalue weighted by atomic mass is 9.75. The molecule has 3 rings (SSSR count). The summed E-state index contributed by atoms with van der Waals surface area (Å²) in [6.07, 6.45) is 4.47. The first-order valence-corrected chi connectivity index (χ1v) is 11.1. The van der Waals surface area contributed by atoms with Gasteiger partial charge in [0.05, 0.1) is 6.61 Å². The van der Waals surface area contributed by atoms with Gasteiger partial charge in [0.15, 0.2) is 0 Å². The van der Waals surface area contributed by atoms with E-state index in [9.17, 15) is 0 Å². The van der Waals surface area contributed by atoms with Crippen LogP contribution in [0, 0.1) is 6.92 Å². The zero-order valence-corrected chi connectivity index (χ0v) is 18.8. The van der Waals surface area contributed by atoms with Crippen molar-refractivity contribution >= 4 is 0 Å². The highest BCUT2D eigenvalue weighted by molar-refractivity contribution is 5.39. The van der Waals surface area contributed by atoms with Crippen molar-refractivity contribution in [1.29, 1.82) is 0 Å². The third-order valence-electron chi connectivity index (χ3n) is 6.02. The fourth-order valence-corrected chi connectivity index (χ4v) is 3.94. The average molecular weight is 403 g/mol. The van der Waals surface area contributed by atoms with Crippen molar-refractivity contribution in [3.05, 3.63) is 89.5 Å². The molecular weight excluding hydrogens is 368 g/mol. The molecule has 0 fully saturated rings. The summed E-state index contributed by atoms with van der Waals surface area (Å²) in [6.45, 7) is 9.56. The van der Waals surface area contributed by atoms with Crippen LogP contribution in [0.25, 0.3) is 0 Å². The molecule has 2 heteroatoms. The highest BCUT2D eigenvalue weighted by atomic mass is 16.5. The molecular formula is C28H34O2. The normalized spacial score (nSPS) is 12.9. The molecule has 0 spiro atoms. The molecule has 0 aromatic heterocycles. The molecule has 0 saturated heterocycles. The second-order valence-corrected chi connectivity index (χ2v) is 8.24. The van der Waals surface area contributed by atoms with Crippen LogP contribution in [-0.4, -0.2) is 6.61 Å². The maximum absolute atomic E-state index is 5.99. The Kier molecular flexibility index (Phi) is 7.57. The second kappa shape index (κ2) is 10.3. The summed E-state index contributed by atoms with van der Waals surface area (Å²) in [6, 6.07) is 25.1. The van der Waals surface area contributed by atoms with Gasteiger partial charge in [-0.2, -0.15) is 0 Å². The number of ether oxygens (including phenoxy) is 2. The van der Waals surface area contributed by atoms with E-state index in [1.165, 1.54) is 16.7 Å². The van der Waals surface area contributed by atoms with Gasteiger partial charge in [0.1, 0.15) is 17.2 Å². The van der Waals surface area contributed by atoms with Crippen LogP contribution >= 0.6 is 0 Å². The van der Waals surface area contributed by atoms with Crippen molar-refractivity contribution in [2.75, 3.05) is 6.61 Å². The molecule has 0 amide bonds. The Labute approximate surface area is 181 Å². The van der Waals surface area contributed by atoms with Gasteiger partial charge in [-0.3, -0.25) is 0 Å². The van der Waals surface area contributed by atoms with Crippen molar-refractivity contribution in [3.63, 3.8) is 0 Å². The molecule has 0 N–H and O–H groups in total. The van der Waals surface area contributed by atoms with Gasteiger partial charge in [0, 0.05) is 0 Å². The Morgan fingerprint density at radius 3 is 2.30 bits per heavy atom. The van der Waals surface area contributed by atoms with Gasteiger partial charge >= 0.3 is 0 Å². The van der Waals surface area contributed by atoms with Crippen LogP contribution < -0.4 is 9.47 Å². The van der Waals surface area contributed by atoms with E-state index in [4.69, 9.17) is 9.47 Å². The summed E-state index contributed by atoms with van der Waals surface area (Å²) in [5.41, 5.74) is 4.13. The zero-order chi connectivity index (χ0) is 21.4. The third-order valence-corrected chi connectivity index (χ3v) is 6.02. The molecule has 3 aromatic carbocycles.